The molecular weight excluding hydrogens is 354 g/mol. The van der Waals surface area contributed by atoms with Crippen LogP contribution < -0.4 is 0 Å². The summed E-state index contributed by atoms with van der Waals surface area (Å²) >= 11 is 0. The number of benzene rings is 2. The molecule has 0 spiro atoms. The van der Waals surface area contributed by atoms with Crippen LogP contribution in [0, 0.1) is 5.92 Å². The van der Waals surface area contributed by atoms with Crippen molar-refractivity contribution in [3.05, 3.63) is 71.3 Å². The summed E-state index contributed by atoms with van der Waals surface area (Å²) in [5.41, 5.74) is 3.08. The molecule has 1 saturated heterocycles. The highest BCUT2D eigenvalue weighted by Crippen LogP contribution is 2.34. The first-order valence-corrected chi connectivity index (χ1v) is 9.54. The lowest BCUT2D eigenvalue weighted by Gasteiger charge is -2.21. The molecule has 1 amide bonds. The minimum Gasteiger partial charge on any atom is -0.481 e. The first-order valence-electron chi connectivity index (χ1n) is 9.54. The van der Waals surface area contributed by atoms with Crippen LogP contribution in [-0.4, -0.2) is 35.2 Å². The lowest BCUT2D eigenvalue weighted by molar-refractivity contribution is -0.141. The Labute approximate surface area is 165 Å². The second-order valence-corrected chi connectivity index (χ2v) is 8.37. The number of carbonyl (C=O) groups is 2. The summed E-state index contributed by atoms with van der Waals surface area (Å²) in [6.07, 6.45) is -0.469. The number of rotatable bonds is 4. The minimum absolute atomic E-state index is 0.0354. The van der Waals surface area contributed by atoms with Gasteiger partial charge in [-0.15, -0.1) is 0 Å². The summed E-state index contributed by atoms with van der Waals surface area (Å²) in [5, 5.41) is 9.66. The van der Waals surface area contributed by atoms with Crippen LogP contribution in [-0.2, 0) is 21.6 Å². The summed E-state index contributed by atoms with van der Waals surface area (Å²) in [7, 11) is 0. The number of ether oxygens (including phenoxy) is 1. The summed E-state index contributed by atoms with van der Waals surface area (Å²) in [6, 6.07) is 17.5. The molecule has 0 radical (unpaired) electrons. The van der Waals surface area contributed by atoms with Crippen LogP contribution in [0.1, 0.15) is 43.4 Å². The average molecular weight is 381 g/mol. The largest absolute Gasteiger partial charge is 0.481 e. The van der Waals surface area contributed by atoms with Gasteiger partial charge >= 0.3 is 12.1 Å². The highest BCUT2D eigenvalue weighted by Gasteiger charge is 2.41. The van der Waals surface area contributed by atoms with Crippen molar-refractivity contribution in [1.82, 2.24) is 4.90 Å². The van der Waals surface area contributed by atoms with Gasteiger partial charge in [-0.25, -0.2) is 4.79 Å². The topological polar surface area (TPSA) is 66.8 Å². The van der Waals surface area contributed by atoms with E-state index in [1.807, 2.05) is 54.6 Å². The van der Waals surface area contributed by atoms with Gasteiger partial charge in [0.15, 0.2) is 0 Å². The van der Waals surface area contributed by atoms with E-state index in [2.05, 4.69) is 20.8 Å². The highest BCUT2D eigenvalue weighted by atomic mass is 16.6. The second-order valence-electron chi connectivity index (χ2n) is 8.37. The molecular formula is C23H27NO4. The third-order valence-corrected chi connectivity index (χ3v) is 5.31. The lowest BCUT2D eigenvalue weighted by atomic mass is 9.83. The van der Waals surface area contributed by atoms with E-state index in [9.17, 15) is 14.7 Å². The monoisotopic (exact) mass is 381 g/mol. The van der Waals surface area contributed by atoms with Crippen molar-refractivity contribution in [1.29, 1.82) is 0 Å². The number of hydrogen-bond donors (Lipinski definition) is 1. The molecule has 5 heteroatoms. The van der Waals surface area contributed by atoms with Gasteiger partial charge in [0.05, 0.1) is 5.92 Å². The zero-order chi connectivity index (χ0) is 20.3. The SMILES string of the molecule is CC(C)(C)c1ccc([C@@H]2CN(C(=O)OCc3ccccc3)C[C@H]2C(=O)O)cc1. The minimum atomic E-state index is -0.886. The van der Waals surface area contributed by atoms with Gasteiger partial charge in [0.25, 0.3) is 0 Å². The van der Waals surface area contributed by atoms with Crippen LogP contribution in [0.2, 0.25) is 0 Å². The van der Waals surface area contributed by atoms with E-state index in [0.717, 1.165) is 11.1 Å². The standard InChI is InChI=1S/C23H27NO4/c1-23(2,3)18-11-9-17(10-12-18)19-13-24(14-20(19)21(25)26)22(27)28-15-16-7-5-4-6-8-16/h4-12,19-20H,13-15H2,1-3H3,(H,25,26)/t19-,20+/m0/s1. The molecule has 148 valence electrons. The van der Waals surface area contributed by atoms with Crippen LogP contribution in [0.5, 0.6) is 0 Å². The van der Waals surface area contributed by atoms with E-state index in [1.165, 1.54) is 10.5 Å². The Hall–Kier alpha value is -2.82. The second kappa shape index (κ2) is 8.05. The molecule has 2 aromatic carbocycles. The van der Waals surface area contributed by atoms with Crippen molar-refractivity contribution in [3.8, 4) is 0 Å². The first kappa shape index (κ1) is 19.9. The van der Waals surface area contributed by atoms with Gasteiger partial charge in [0.1, 0.15) is 6.61 Å². The molecule has 3 rings (SSSR count). The molecule has 0 saturated carbocycles. The van der Waals surface area contributed by atoms with Crippen LogP contribution in [0.25, 0.3) is 0 Å². The molecule has 0 unspecified atom stereocenters. The summed E-state index contributed by atoms with van der Waals surface area (Å²) < 4.78 is 5.38. The van der Waals surface area contributed by atoms with Gasteiger partial charge in [0.2, 0.25) is 0 Å². The van der Waals surface area contributed by atoms with Gasteiger partial charge in [0, 0.05) is 19.0 Å². The summed E-state index contributed by atoms with van der Waals surface area (Å²) in [5.74, 6) is -1.76. The molecule has 5 nitrogen and oxygen atoms in total. The molecule has 0 bridgehead atoms. The fraction of sp³-hybridized carbons (Fsp3) is 0.391. The number of carboxylic acids is 1. The van der Waals surface area contributed by atoms with E-state index in [-0.39, 0.29) is 24.5 Å². The third-order valence-electron chi connectivity index (χ3n) is 5.31. The van der Waals surface area contributed by atoms with Crippen molar-refractivity contribution >= 4 is 12.1 Å². The number of amides is 1. The normalized spacial score (nSPS) is 19.5. The number of likely N-dealkylation sites (tertiary alicyclic amines) is 1. The molecule has 1 aliphatic rings. The van der Waals surface area contributed by atoms with Crippen molar-refractivity contribution in [2.24, 2.45) is 5.92 Å². The molecule has 28 heavy (non-hydrogen) atoms. The number of aliphatic carboxylic acids is 1. The van der Waals surface area contributed by atoms with E-state index in [4.69, 9.17) is 4.74 Å². The maximum atomic E-state index is 12.5. The molecule has 2 atom stereocenters. The predicted molar refractivity (Wildman–Crippen MR) is 107 cm³/mol. The lowest BCUT2D eigenvalue weighted by Crippen LogP contribution is -2.30. The number of hydrogen-bond acceptors (Lipinski definition) is 3. The Balaban J connectivity index is 1.70. The average Bonchev–Trinajstić information content (AvgIpc) is 3.12. The summed E-state index contributed by atoms with van der Waals surface area (Å²) in [4.78, 5) is 25.7. The van der Waals surface area contributed by atoms with Crippen LogP contribution in [0.4, 0.5) is 4.79 Å². The van der Waals surface area contributed by atoms with Crippen molar-refractivity contribution in [2.45, 2.75) is 38.7 Å². The van der Waals surface area contributed by atoms with E-state index < -0.39 is 18.0 Å². The molecule has 1 heterocycles. The summed E-state index contributed by atoms with van der Waals surface area (Å²) in [6.45, 7) is 7.11. The number of nitrogens with zero attached hydrogens (tertiary/aromatic N) is 1. The van der Waals surface area contributed by atoms with E-state index >= 15 is 0 Å². The van der Waals surface area contributed by atoms with Crippen LogP contribution in [0.15, 0.2) is 54.6 Å². The smallest absolute Gasteiger partial charge is 0.410 e. The Bertz CT molecular complexity index is 824. The van der Waals surface area contributed by atoms with Gasteiger partial charge in [-0.1, -0.05) is 75.4 Å². The Morgan fingerprint density at radius 1 is 1.04 bits per heavy atom. The fourth-order valence-corrected chi connectivity index (χ4v) is 3.58. The maximum Gasteiger partial charge on any atom is 0.410 e. The molecule has 1 aliphatic heterocycles. The molecule has 0 aliphatic carbocycles. The molecule has 2 aromatic rings. The quantitative estimate of drug-likeness (QED) is 0.851. The Kier molecular flexibility index (Phi) is 5.73. The highest BCUT2D eigenvalue weighted by molar-refractivity contribution is 5.75. The number of carbonyl (C=O) groups excluding carboxylic acids is 1. The number of carboxylic acid groups (broad SMARTS) is 1. The van der Waals surface area contributed by atoms with Crippen molar-refractivity contribution in [2.75, 3.05) is 13.1 Å². The zero-order valence-electron chi connectivity index (χ0n) is 16.6. The van der Waals surface area contributed by atoms with E-state index in [0.29, 0.717) is 6.54 Å². The van der Waals surface area contributed by atoms with Crippen LogP contribution in [0.3, 0.4) is 0 Å². The maximum absolute atomic E-state index is 12.5. The Morgan fingerprint density at radius 3 is 2.25 bits per heavy atom. The molecule has 0 aromatic heterocycles. The van der Waals surface area contributed by atoms with Gasteiger partial charge < -0.3 is 14.7 Å². The van der Waals surface area contributed by atoms with E-state index in [1.54, 1.807) is 0 Å². The van der Waals surface area contributed by atoms with Crippen molar-refractivity contribution in [3.63, 3.8) is 0 Å². The van der Waals surface area contributed by atoms with Crippen LogP contribution >= 0.6 is 0 Å². The van der Waals surface area contributed by atoms with Gasteiger partial charge in [-0.2, -0.15) is 0 Å². The fourth-order valence-electron chi connectivity index (χ4n) is 3.58. The van der Waals surface area contributed by atoms with Gasteiger partial charge in [-0.05, 0) is 22.1 Å². The van der Waals surface area contributed by atoms with Crippen molar-refractivity contribution < 1.29 is 19.4 Å². The molecule has 1 fully saturated rings. The predicted octanol–water partition coefficient (Wildman–Crippen LogP) is 4.42. The van der Waals surface area contributed by atoms with Gasteiger partial charge in [-0.3, -0.25) is 4.79 Å². The molecule has 1 N–H and O–H groups in total. The Morgan fingerprint density at radius 2 is 1.68 bits per heavy atom. The zero-order valence-corrected chi connectivity index (χ0v) is 16.6. The third kappa shape index (κ3) is 4.53. The first-order chi connectivity index (χ1) is 13.3.